The lowest BCUT2D eigenvalue weighted by atomic mass is 10.3. The summed E-state index contributed by atoms with van der Waals surface area (Å²) >= 11 is 9.23. The van der Waals surface area contributed by atoms with Crippen molar-refractivity contribution in [2.45, 2.75) is 26.3 Å². The predicted octanol–water partition coefficient (Wildman–Crippen LogP) is 3.23. The molecule has 0 amide bonds. The van der Waals surface area contributed by atoms with Gasteiger partial charge in [-0.1, -0.05) is 41.4 Å². The number of halogens is 2. The van der Waals surface area contributed by atoms with Crippen LogP contribution in [-0.2, 0) is 10.0 Å². The van der Waals surface area contributed by atoms with Gasteiger partial charge in [0.2, 0.25) is 10.0 Å². The Morgan fingerprint density at radius 3 is 2.68 bits per heavy atom. The van der Waals surface area contributed by atoms with Gasteiger partial charge in [-0.05, 0) is 31.2 Å². The Kier molecular flexibility index (Phi) is 6.59. The van der Waals surface area contributed by atoms with Crippen LogP contribution in [0.1, 0.15) is 20.3 Å². The molecule has 1 aromatic carbocycles. The third kappa shape index (κ3) is 6.61. The monoisotopic (exact) mass is 368 g/mol. The summed E-state index contributed by atoms with van der Waals surface area (Å²) in [7, 11) is -3.37. The summed E-state index contributed by atoms with van der Waals surface area (Å²) in [6, 6.07) is 5.40. The molecular weight excluding hydrogens is 352 g/mol. The molecule has 0 atom stereocenters. The Morgan fingerprint density at radius 1 is 1.37 bits per heavy atom. The third-order valence-corrected chi connectivity index (χ3v) is 4.52. The average Bonchev–Trinajstić information content (AvgIpc) is 2.29. The molecule has 0 aliphatic carbocycles. The fourth-order valence-electron chi connectivity index (χ4n) is 1.45. The molecule has 7 heteroatoms. The zero-order chi connectivity index (χ0) is 14.5. The van der Waals surface area contributed by atoms with Crippen LogP contribution >= 0.6 is 27.5 Å². The van der Waals surface area contributed by atoms with Gasteiger partial charge in [0.15, 0.2) is 0 Å². The molecule has 0 aromatic heterocycles. The largest absolute Gasteiger partial charge is 0.314 e. The Morgan fingerprint density at radius 2 is 2.05 bits per heavy atom. The summed E-state index contributed by atoms with van der Waals surface area (Å²) < 4.78 is 27.1. The average molecular weight is 370 g/mol. The first-order valence-corrected chi connectivity index (χ1v) is 8.81. The van der Waals surface area contributed by atoms with Crippen LogP contribution in [0, 0.1) is 0 Å². The zero-order valence-electron chi connectivity index (χ0n) is 10.9. The van der Waals surface area contributed by atoms with E-state index in [4.69, 9.17) is 11.6 Å². The van der Waals surface area contributed by atoms with Crippen LogP contribution in [0.2, 0.25) is 5.02 Å². The number of benzene rings is 1. The molecule has 0 radical (unpaired) electrons. The molecule has 0 fully saturated rings. The number of hydrogen-bond acceptors (Lipinski definition) is 3. The second-order valence-corrected chi connectivity index (χ2v) is 7.67. The molecule has 0 saturated carbocycles. The van der Waals surface area contributed by atoms with Gasteiger partial charge in [-0.25, -0.2) is 8.42 Å². The topological polar surface area (TPSA) is 58.2 Å². The second-order valence-electron chi connectivity index (χ2n) is 4.51. The van der Waals surface area contributed by atoms with Gasteiger partial charge >= 0.3 is 0 Å². The van der Waals surface area contributed by atoms with Crippen LogP contribution in [-0.4, -0.2) is 26.8 Å². The lowest BCUT2D eigenvalue weighted by molar-refractivity contribution is 0.571. The van der Waals surface area contributed by atoms with Crippen molar-refractivity contribution >= 4 is 43.2 Å². The van der Waals surface area contributed by atoms with Crippen LogP contribution in [0.5, 0.6) is 0 Å². The highest BCUT2D eigenvalue weighted by atomic mass is 79.9. The quantitative estimate of drug-likeness (QED) is 0.725. The maximum Gasteiger partial charge on any atom is 0.232 e. The minimum absolute atomic E-state index is 0.0650. The molecule has 0 bridgehead atoms. The lowest BCUT2D eigenvalue weighted by Crippen LogP contribution is -2.26. The maximum atomic E-state index is 11.9. The number of hydrogen-bond donors (Lipinski definition) is 2. The highest BCUT2D eigenvalue weighted by Crippen LogP contribution is 2.26. The summed E-state index contributed by atoms with van der Waals surface area (Å²) in [5, 5.41) is 3.56. The Bertz CT molecular complexity index is 520. The van der Waals surface area contributed by atoms with E-state index in [-0.39, 0.29) is 5.75 Å². The van der Waals surface area contributed by atoms with Gasteiger partial charge in [0.25, 0.3) is 0 Å². The maximum absolute atomic E-state index is 11.9. The van der Waals surface area contributed by atoms with Gasteiger partial charge in [-0.3, -0.25) is 4.72 Å². The molecule has 4 nitrogen and oxygen atoms in total. The van der Waals surface area contributed by atoms with Gasteiger partial charge < -0.3 is 5.32 Å². The number of sulfonamides is 1. The summed E-state index contributed by atoms with van der Waals surface area (Å²) in [6.07, 6.45) is 0.555. The number of nitrogens with one attached hydrogen (secondary N) is 2. The first kappa shape index (κ1) is 16.8. The van der Waals surface area contributed by atoms with Crippen LogP contribution in [0.25, 0.3) is 0 Å². The van der Waals surface area contributed by atoms with Crippen molar-refractivity contribution in [1.82, 2.24) is 5.32 Å². The van der Waals surface area contributed by atoms with E-state index < -0.39 is 10.0 Å². The first-order chi connectivity index (χ1) is 8.80. The van der Waals surface area contributed by atoms with Gasteiger partial charge in [0.1, 0.15) is 0 Å². The van der Waals surface area contributed by atoms with Crippen molar-refractivity contribution < 1.29 is 8.42 Å². The van der Waals surface area contributed by atoms with Crippen LogP contribution in [0.4, 0.5) is 5.69 Å². The van der Waals surface area contributed by atoms with Crippen molar-refractivity contribution in [3.8, 4) is 0 Å². The van der Waals surface area contributed by atoms with E-state index in [1.54, 1.807) is 18.2 Å². The van der Waals surface area contributed by atoms with Gasteiger partial charge in [-0.2, -0.15) is 0 Å². The zero-order valence-corrected chi connectivity index (χ0v) is 14.1. The van der Waals surface area contributed by atoms with E-state index in [0.717, 1.165) is 4.47 Å². The molecule has 19 heavy (non-hydrogen) atoms. The van der Waals surface area contributed by atoms with Crippen molar-refractivity contribution in [1.29, 1.82) is 0 Å². The minimum atomic E-state index is -3.37. The fraction of sp³-hybridized carbons (Fsp3) is 0.500. The summed E-state index contributed by atoms with van der Waals surface area (Å²) in [5.41, 5.74) is 0.396. The van der Waals surface area contributed by atoms with E-state index >= 15 is 0 Å². The number of rotatable bonds is 7. The third-order valence-electron chi connectivity index (χ3n) is 2.34. The molecule has 0 unspecified atom stereocenters. The molecule has 0 aliphatic heterocycles. The van der Waals surface area contributed by atoms with Gasteiger partial charge in [-0.15, -0.1) is 0 Å². The van der Waals surface area contributed by atoms with Gasteiger partial charge in [0.05, 0.1) is 16.5 Å². The van der Waals surface area contributed by atoms with Crippen LogP contribution in [0.3, 0.4) is 0 Å². The molecule has 0 spiro atoms. The molecule has 2 N–H and O–H groups in total. The van der Waals surface area contributed by atoms with Gasteiger partial charge in [0, 0.05) is 10.5 Å². The Balaban J connectivity index is 2.57. The number of anilines is 1. The highest BCUT2D eigenvalue weighted by molar-refractivity contribution is 9.10. The predicted molar refractivity (Wildman–Crippen MR) is 84.3 cm³/mol. The fourth-order valence-corrected chi connectivity index (χ4v) is 3.16. The van der Waals surface area contributed by atoms with E-state index in [9.17, 15) is 8.42 Å². The summed E-state index contributed by atoms with van der Waals surface area (Å²) in [6.45, 7) is 4.72. The van der Waals surface area contributed by atoms with Crippen molar-refractivity contribution in [2.75, 3.05) is 17.0 Å². The van der Waals surface area contributed by atoms with E-state index in [1.165, 1.54) is 0 Å². The minimum Gasteiger partial charge on any atom is -0.314 e. The van der Waals surface area contributed by atoms with E-state index in [1.807, 2.05) is 13.8 Å². The highest BCUT2D eigenvalue weighted by Gasteiger charge is 2.12. The smallest absolute Gasteiger partial charge is 0.232 e. The van der Waals surface area contributed by atoms with Crippen LogP contribution < -0.4 is 10.0 Å². The molecule has 0 saturated heterocycles. The van der Waals surface area contributed by atoms with Crippen LogP contribution in [0.15, 0.2) is 22.7 Å². The Labute approximate surface area is 128 Å². The molecule has 0 heterocycles. The first-order valence-electron chi connectivity index (χ1n) is 5.99. The van der Waals surface area contributed by atoms with E-state index in [0.29, 0.717) is 29.7 Å². The Hall–Kier alpha value is -0.300. The normalized spacial score (nSPS) is 11.8. The molecule has 1 aromatic rings. The molecule has 1 rings (SSSR count). The standard InChI is InChI=1S/C12H18BrClN2O2S/c1-9(2)15-6-3-7-19(17,18)16-12-8-10(13)4-5-11(12)14/h4-5,8-9,15-16H,3,6-7H2,1-2H3. The molecule has 0 aliphatic rings. The van der Waals surface area contributed by atoms with E-state index in [2.05, 4.69) is 26.0 Å². The lowest BCUT2D eigenvalue weighted by Gasteiger charge is -2.11. The molecular formula is C12H18BrClN2O2S. The van der Waals surface area contributed by atoms with Crippen molar-refractivity contribution in [3.63, 3.8) is 0 Å². The summed E-state index contributed by atoms with van der Waals surface area (Å²) in [5.74, 6) is 0.0650. The van der Waals surface area contributed by atoms with Crippen molar-refractivity contribution in [2.24, 2.45) is 0 Å². The second kappa shape index (κ2) is 7.47. The molecule has 108 valence electrons. The van der Waals surface area contributed by atoms with Crippen molar-refractivity contribution in [3.05, 3.63) is 27.7 Å². The summed E-state index contributed by atoms with van der Waals surface area (Å²) in [4.78, 5) is 0. The SMILES string of the molecule is CC(C)NCCCS(=O)(=O)Nc1cc(Br)ccc1Cl.